The number of fused-ring (bicyclic) bond motifs is 1. The van der Waals surface area contributed by atoms with E-state index in [1.807, 2.05) is 0 Å². The summed E-state index contributed by atoms with van der Waals surface area (Å²) >= 11 is 6.05. The van der Waals surface area contributed by atoms with Gasteiger partial charge in [-0.3, -0.25) is 9.59 Å². The van der Waals surface area contributed by atoms with Crippen LogP contribution in [0.5, 0.6) is 5.75 Å². The van der Waals surface area contributed by atoms with E-state index < -0.39 is 18.0 Å². The standard InChI is InChI=1S/C16H17ClF3N3O4/c17-11-5-10(14(24)22-7-8-6-21-2-4-26-8)13-9(1-3-27-13)12(11)23-15(25)16(18,19)20/h5,8,21H,1-4,6-7H2,(H,22,24)(H,23,25). The molecule has 1 fully saturated rings. The van der Waals surface area contributed by atoms with Gasteiger partial charge in [-0.2, -0.15) is 13.2 Å². The van der Waals surface area contributed by atoms with E-state index >= 15 is 0 Å². The van der Waals surface area contributed by atoms with Crippen LogP contribution in [0.4, 0.5) is 18.9 Å². The highest BCUT2D eigenvalue weighted by Gasteiger charge is 2.40. The number of halogens is 4. The Hall–Kier alpha value is -2.04. The Labute approximate surface area is 157 Å². The Morgan fingerprint density at radius 2 is 2.11 bits per heavy atom. The van der Waals surface area contributed by atoms with Gasteiger partial charge >= 0.3 is 12.1 Å². The molecule has 0 spiro atoms. The van der Waals surface area contributed by atoms with Gasteiger partial charge in [0.05, 0.1) is 35.6 Å². The van der Waals surface area contributed by atoms with Crippen molar-refractivity contribution in [1.82, 2.24) is 10.6 Å². The van der Waals surface area contributed by atoms with Crippen molar-refractivity contribution < 1.29 is 32.2 Å². The highest BCUT2D eigenvalue weighted by atomic mass is 35.5. The minimum Gasteiger partial charge on any atom is -0.492 e. The fourth-order valence-corrected chi connectivity index (χ4v) is 3.15. The van der Waals surface area contributed by atoms with Crippen LogP contribution in [0.2, 0.25) is 5.02 Å². The fourth-order valence-electron chi connectivity index (χ4n) is 2.88. The van der Waals surface area contributed by atoms with Gasteiger partial charge in [-0.1, -0.05) is 11.6 Å². The number of ether oxygens (including phenoxy) is 2. The molecule has 0 aliphatic carbocycles. The van der Waals surface area contributed by atoms with Gasteiger partial charge in [-0.15, -0.1) is 0 Å². The van der Waals surface area contributed by atoms with Gasteiger partial charge in [0.15, 0.2) is 0 Å². The Morgan fingerprint density at radius 3 is 2.78 bits per heavy atom. The van der Waals surface area contributed by atoms with Gasteiger partial charge in [-0.05, 0) is 6.07 Å². The van der Waals surface area contributed by atoms with E-state index in [1.165, 1.54) is 6.07 Å². The molecule has 0 aromatic heterocycles. The number of amides is 2. The van der Waals surface area contributed by atoms with Crippen LogP contribution in [0.1, 0.15) is 15.9 Å². The Kier molecular flexibility index (Phi) is 5.78. The van der Waals surface area contributed by atoms with Crippen molar-refractivity contribution in [2.75, 3.05) is 38.2 Å². The van der Waals surface area contributed by atoms with E-state index in [1.54, 1.807) is 5.32 Å². The summed E-state index contributed by atoms with van der Waals surface area (Å²) in [6.45, 7) is 2.30. The van der Waals surface area contributed by atoms with Crippen molar-refractivity contribution in [3.63, 3.8) is 0 Å². The first-order valence-corrected chi connectivity index (χ1v) is 8.62. The van der Waals surface area contributed by atoms with Crippen molar-refractivity contribution in [3.8, 4) is 5.75 Å². The minimum atomic E-state index is -5.06. The quantitative estimate of drug-likeness (QED) is 0.704. The first-order valence-electron chi connectivity index (χ1n) is 8.24. The van der Waals surface area contributed by atoms with Gasteiger partial charge in [0, 0.05) is 31.6 Å². The normalized spacial score (nSPS) is 19.2. The maximum absolute atomic E-state index is 12.5. The number of hydrogen-bond acceptors (Lipinski definition) is 5. The summed E-state index contributed by atoms with van der Waals surface area (Å²) < 4.78 is 48.5. The molecule has 1 saturated heterocycles. The molecule has 0 radical (unpaired) electrons. The lowest BCUT2D eigenvalue weighted by atomic mass is 10.0. The number of carbonyl (C=O) groups is 2. The molecule has 148 valence electrons. The summed E-state index contributed by atoms with van der Waals surface area (Å²) in [6.07, 6.45) is -5.02. The Balaban J connectivity index is 1.79. The molecular weight excluding hydrogens is 391 g/mol. The number of morpholine rings is 1. The second-order valence-electron chi connectivity index (χ2n) is 6.05. The average molecular weight is 408 g/mol. The van der Waals surface area contributed by atoms with Crippen molar-refractivity contribution in [2.45, 2.75) is 18.7 Å². The first-order chi connectivity index (χ1) is 12.8. The summed E-state index contributed by atoms with van der Waals surface area (Å²) in [4.78, 5) is 23.7. The summed E-state index contributed by atoms with van der Waals surface area (Å²) in [5.41, 5.74) is 0.171. The predicted octanol–water partition coefficient (Wildman–Crippen LogP) is 1.49. The molecule has 1 aromatic rings. The number of alkyl halides is 3. The molecule has 11 heteroatoms. The zero-order valence-electron chi connectivity index (χ0n) is 14.0. The molecule has 2 heterocycles. The van der Waals surface area contributed by atoms with Gasteiger partial charge in [0.25, 0.3) is 5.91 Å². The molecule has 1 aromatic carbocycles. The highest BCUT2D eigenvalue weighted by Crippen LogP contribution is 2.41. The fraction of sp³-hybridized carbons (Fsp3) is 0.500. The maximum atomic E-state index is 12.5. The number of rotatable bonds is 4. The van der Waals surface area contributed by atoms with Crippen molar-refractivity contribution in [1.29, 1.82) is 0 Å². The monoisotopic (exact) mass is 407 g/mol. The van der Waals surface area contributed by atoms with E-state index in [9.17, 15) is 22.8 Å². The maximum Gasteiger partial charge on any atom is 0.471 e. The second-order valence-corrected chi connectivity index (χ2v) is 6.45. The Bertz CT molecular complexity index is 751. The van der Waals surface area contributed by atoms with Crippen LogP contribution in [0.3, 0.4) is 0 Å². The van der Waals surface area contributed by atoms with Crippen LogP contribution in [-0.4, -0.2) is 56.9 Å². The molecule has 3 rings (SSSR count). The topological polar surface area (TPSA) is 88.7 Å². The van der Waals surface area contributed by atoms with Crippen LogP contribution in [0, 0.1) is 0 Å². The largest absolute Gasteiger partial charge is 0.492 e. The number of benzene rings is 1. The van der Waals surface area contributed by atoms with Gasteiger partial charge in [0.2, 0.25) is 0 Å². The summed E-state index contributed by atoms with van der Waals surface area (Å²) in [5, 5.41) is 7.43. The summed E-state index contributed by atoms with van der Waals surface area (Å²) in [5.74, 6) is -2.51. The third-order valence-corrected chi connectivity index (χ3v) is 4.46. The third-order valence-electron chi connectivity index (χ3n) is 4.16. The lowest BCUT2D eigenvalue weighted by Gasteiger charge is -2.24. The lowest BCUT2D eigenvalue weighted by molar-refractivity contribution is -0.167. The van der Waals surface area contributed by atoms with Gasteiger partial charge < -0.3 is 25.4 Å². The second kappa shape index (κ2) is 7.91. The molecule has 3 N–H and O–H groups in total. The first kappa shape index (κ1) is 19.7. The zero-order valence-corrected chi connectivity index (χ0v) is 14.8. The molecule has 7 nitrogen and oxygen atoms in total. The van der Waals surface area contributed by atoms with E-state index in [-0.39, 0.29) is 53.3 Å². The smallest absolute Gasteiger partial charge is 0.471 e. The van der Waals surface area contributed by atoms with E-state index in [0.29, 0.717) is 13.2 Å². The number of carbonyl (C=O) groups excluding carboxylic acids is 2. The number of anilines is 1. The lowest BCUT2D eigenvalue weighted by Crippen LogP contribution is -2.45. The number of hydrogen-bond donors (Lipinski definition) is 3. The average Bonchev–Trinajstić information content (AvgIpc) is 3.11. The predicted molar refractivity (Wildman–Crippen MR) is 90.3 cm³/mol. The van der Waals surface area contributed by atoms with E-state index in [4.69, 9.17) is 21.1 Å². The van der Waals surface area contributed by atoms with E-state index in [0.717, 1.165) is 6.54 Å². The van der Waals surface area contributed by atoms with Crippen LogP contribution in [-0.2, 0) is 16.0 Å². The number of nitrogens with one attached hydrogen (secondary N) is 3. The van der Waals surface area contributed by atoms with Gasteiger partial charge in [-0.25, -0.2) is 0 Å². The third kappa shape index (κ3) is 4.45. The molecular formula is C16H17ClF3N3O4. The molecule has 2 aliphatic heterocycles. The Morgan fingerprint density at radius 1 is 1.33 bits per heavy atom. The highest BCUT2D eigenvalue weighted by molar-refractivity contribution is 6.34. The molecule has 0 saturated carbocycles. The van der Waals surface area contributed by atoms with Crippen LogP contribution in [0.15, 0.2) is 6.07 Å². The van der Waals surface area contributed by atoms with Crippen molar-refractivity contribution in [3.05, 3.63) is 22.2 Å². The summed E-state index contributed by atoms with van der Waals surface area (Å²) in [7, 11) is 0. The molecule has 0 bridgehead atoms. The SMILES string of the molecule is O=C(NCC1CNCCO1)c1cc(Cl)c(NC(=O)C(F)(F)F)c2c1OCC2. The molecule has 1 atom stereocenters. The minimum absolute atomic E-state index is 0.0984. The van der Waals surface area contributed by atoms with E-state index in [2.05, 4.69) is 10.6 Å². The zero-order chi connectivity index (χ0) is 19.6. The molecule has 1 unspecified atom stereocenters. The molecule has 2 amide bonds. The van der Waals surface area contributed by atoms with Gasteiger partial charge in [0.1, 0.15) is 5.75 Å². The van der Waals surface area contributed by atoms with Crippen LogP contribution < -0.4 is 20.7 Å². The van der Waals surface area contributed by atoms with Crippen molar-refractivity contribution in [2.24, 2.45) is 0 Å². The van der Waals surface area contributed by atoms with Crippen LogP contribution >= 0.6 is 11.6 Å². The molecule has 27 heavy (non-hydrogen) atoms. The van der Waals surface area contributed by atoms with Crippen molar-refractivity contribution >= 4 is 29.1 Å². The molecule has 2 aliphatic rings. The summed E-state index contributed by atoms with van der Waals surface area (Å²) in [6, 6.07) is 1.19. The van der Waals surface area contributed by atoms with Crippen LogP contribution in [0.25, 0.3) is 0 Å².